The minimum atomic E-state index is -0.129. The van der Waals surface area contributed by atoms with Crippen molar-refractivity contribution in [2.24, 2.45) is 0 Å². The monoisotopic (exact) mass is 378 g/mol. The summed E-state index contributed by atoms with van der Waals surface area (Å²) in [5.41, 5.74) is 3.54. The SMILES string of the molecule is CCOCCOCc1cccc(NC(=O)c2cccn2Cc2ccccc2)c1. The molecule has 1 aromatic heterocycles. The summed E-state index contributed by atoms with van der Waals surface area (Å²) in [6.45, 7) is 4.94. The van der Waals surface area contributed by atoms with Gasteiger partial charge in [0.1, 0.15) is 5.69 Å². The average Bonchev–Trinajstić information content (AvgIpc) is 3.17. The van der Waals surface area contributed by atoms with Crippen molar-refractivity contribution in [3.8, 4) is 0 Å². The second kappa shape index (κ2) is 10.4. The molecule has 2 aromatic carbocycles. The van der Waals surface area contributed by atoms with E-state index in [4.69, 9.17) is 9.47 Å². The molecule has 5 heteroatoms. The molecule has 0 atom stereocenters. The summed E-state index contributed by atoms with van der Waals surface area (Å²) in [5, 5.41) is 2.98. The van der Waals surface area contributed by atoms with E-state index in [1.165, 1.54) is 0 Å². The van der Waals surface area contributed by atoms with Crippen molar-refractivity contribution in [2.45, 2.75) is 20.1 Å². The Hall–Kier alpha value is -2.89. The van der Waals surface area contributed by atoms with E-state index in [9.17, 15) is 4.79 Å². The van der Waals surface area contributed by atoms with Gasteiger partial charge in [-0.25, -0.2) is 0 Å². The van der Waals surface area contributed by atoms with Crippen molar-refractivity contribution in [2.75, 3.05) is 25.1 Å². The van der Waals surface area contributed by atoms with E-state index in [1.807, 2.05) is 72.3 Å². The molecule has 0 bridgehead atoms. The van der Waals surface area contributed by atoms with E-state index in [2.05, 4.69) is 17.4 Å². The van der Waals surface area contributed by atoms with Gasteiger partial charge in [0.2, 0.25) is 0 Å². The zero-order valence-corrected chi connectivity index (χ0v) is 16.1. The Bertz CT molecular complexity index is 874. The largest absolute Gasteiger partial charge is 0.379 e. The highest BCUT2D eigenvalue weighted by Gasteiger charge is 2.11. The number of benzene rings is 2. The topological polar surface area (TPSA) is 52.5 Å². The molecule has 146 valence electrons. The first-order valence-corrected chi connectivity index (χ1v) is 9.51. The van der Waals surface area contributed by atoms with Gasteiger partial charge >= 0.3 is 0 Å². The van der Waals surface area contributed by atoms with Crippen LogP contribution in [0, 0.1) is 0 Å². The lowest BCUT2D eigenvalue weighted by Gasteiger charge is -2.11. The van der Waals surface area contributed by atoms with E-state index >= 15 is 0 Å². The summed E-state index contributed by atoms with van der Waals surface area (Å²) in [6.07, 6.45) is 1.92. The summed E-state index contributed by atoms with van der Waals surface area (Å²) < 4.78 is 12.8. The predicted octanol–water partition coefficient (Wildman–Crippen LogP) is 4.34. The molecule has 0 saturated heterocycles. The number of nitrogens with one attached hydrogen (secondary N) is 1. The second-order valence-corrected chi connectivity index (χ2v) is 6.41. The predicted molar refractivity (Wildman–Crippen MR) is 111 cm³/mol. The molecule has 0 saturated carbocycles. The number of carbonyl (C=O) groups is 1. The zero-order chi connectivity index (χ0) is 19.6. The Morgan fingerprint density at radius 1 is 0.929 bits per heavy atom. The fourth-order valence-corrected chi connectivity index (χ4v) is 2.92. The minimum Gasteiger partial charge on any atom is -0.379 e. The molecule has 1 N–H and O–H groups in total. The number of hydrogen-bond donors (Lipinski definition) is 1. The number of nitrogens with zero attached hydrogens (tertiary/aromatic N) is 1. The first-order chi connectivity index (χ1) is 13.8. The summed E-state index contributed by atoms with van der Waals surface area (Å²) in [5.74, 6) is -0.129. The minimum absolute atomic E-state index is 0.129. The van der Waals surface area contributed by atoms with Crippen molar-refractivity contribution in [3.63, 3.8) is 0 Å². The number of anilines is 1. The third-order valence-corrected chi connectivity index (χ3v) is 4.29. The molecule has 1 heterocycles. The standard InChI is InChI=1S/C23H26N2O3/c1-2-27-14-15-28-18-20-10-6-11-21(16-20)24-23(26)22-12-7-13-25(22)17-19-8-4-3-5-9-19/h3-13,16H,2,14-15,17-18H2,1H3,(H,24,26). The summed E-state index contributed by atoms with van der Waals surface area (Å²) >= 11 is 0. The highest BCUT2D eigenvalue weighted by atomic mass is 16.5. The Balaban J connectivity index is 1.59. The maximum atomic E-state index is 12.8. The first-order valence-electron chi connectivity index (χ1n) is 9.51. The molecule has 1 amide bonds. The summed E-state index contributed by atoms with van der Waals surface area (Å²) in [4.78, 5) is 12.8. The zero-order valence-electron chi connectivity index (χ0n) is 16.1. The van der Waals surface area contributed by atoms with Gasteiger partial charge in [0, 0.05) is 25.0 Å². The number of carbonyl (C=O) groups excluding carboxylic acids is 1. The maximum absolute atomic E-state index is 12.8. The molecule has 0 spiro atoms. The van der Waals surface area contributed by atoms with E-state index in [0.717, 1.165) is 16.8 Å². The Morgan fingerprint density at radius 2 is 1.71 bits per heavy atom. The Morgan fingerprint density at radius 3 is 2.54 bits per heavy atom. The van der Waals surface area contributed by atoms with Gasteiger partial charge in [0.25, 0.3) is 5.91 Å². The van der Waals surface area contributed by atoms with Gasteiger partial charge in [-0.15, -0.1) is 0 Å². The molecule has 0 unspecified atom stereocenters. The van der Waals surface area contributed by atoms with Crippen LogP contribution in [0.2, 0.25) is 0 Å². The molecule has 0 fully saturated rings. The van der Waals surface area contributed by atoms with Crippen molar-refractivity contribution in [3.05, 3.63) is 89.7 Å². The highest BCUT2D eigenvalue weighted by Crippen LogP contribution is 2.14. The van der Waals surface area contributed by atoms with Gasteiger partial charge in [0.05, 0.1) is 19.8 Å². The van der Waals surface area contributed by atoms with Crippen LogP contribution in [0.15, 0.2) is 72.9 Å². The third kappa shape index (κ3) is 5.81. The lowest BCUT2D eigenvalue weighted by molar-refractivity contribution is 0.0453. The highest BCUT2D eigenvalue weighted by molar-refractivity contribution is 6.03. The first kappa shape index (κ1) is 19.9. The van der Waals surface area contributed by atoms with Crippen LogP contribution in [0.25, 0.3) is 0 Å². The van der Waals surface area contributed by atoms with E-state index in [1.54, 1.807) is 0 Å². The smallest absolute Gasteiger partial charge is 0.272 e. The van der Waals surface area contributed by atoms with Gasteiger partial charge in [-0.3, -0.25) is 4.79 Å². The molecular weight excluding hydrogens is 352 g/mol. The molecule has 5 nitrogen and oxygen atoms in total. The molecule has 3 rings (SSSR count). The van der Waals surface area contributed by atoms with Crippen molar-refractivity contribution in [1.29, 1.82) is 0 Å². The normalized spacial score (nSPS) is 10.8. The van der Waals surface area contributed by atoms with Crippen LogP contribution < -0.4 is 5.32 Å². The molecule has 0 aliphatic rings. The van der Waals surface area contributed by atoms with E-state index in [0.29, 0.717) is 38.7 Å². The van der Waals surface area contributed by atoms with Gasteiger partial charge in [-0.05, 0) is 42.3 Å². The van der Waals surface area contributed by atoms with Crippen LogP contribution in [-0.4, -0.2) is 30.3 Å². The lowest BCUT2D eigenvalue weighted by Crippen LogP contribution is -2.17. The van der Waals surface area contributed by atoms with E-state index in [-0.39, 0.29) is 5.91 Å². The Kier molecular flexibility index (Phi) is 7.41. The lowest BCUT2D eigenvalue weighted by atomic mass is 10.2. The fraction of sp³-hybridized carbons (Fsp3) is 0.261. The molecule has 0 radical (unpaired) electrons. The molecule has 28 heavy (non-hydrogen) atoms. The van der Waals surface area contributed by atoms with Crippen LogP contribution in [0.3, 0.4) is 0 Å². The van der Waals surface area contributed by atoms with Gasteiger partial charge < -0.3 is 19.4 Å². The maximum Gasteiger partial charge on any atom is 0.272 e. The molecule has 0 aliphatic heterocycles. The van der Waals surface area contributed by atoms with Crippen molar-refractivity contribution < 1.29 is 14.3 Å². The average molecular weight is 378 g/mol. The summed E-state index contributed by atoms with van der Waals surface area (Å²) in [7, 11) is 0. The number of rotatable bonds is 10. The van der Waals surface area contributed by atoms with Gasteiger partial charge in [-0.2, -0.15) is 0 Å². The molecule has 3 aromatic rings. The van der Waals surface area contributed by atoms with Crippen LogP contribution in [0.1, 0.15) is 28.5 Å². The fourth-order valence-electron chi connectivity index (χ4n) is 2.92. The van der Waals surface area contributed by atoms with Crippen LogP contribution >= 0.6 is 0 Å². The van der Waals surface area contributed by atoms with E-state index < -0.39 is 0 Å². The molecular formula is C23H26N2O3. The van der Waals surface area contributed by atoms with Crippen molar-refractivity contribution in [1.82, 2.24) is 4.57 Å². The quantitative estimate of drug-likeness (QED) is 0.534. The van der Waals surface area contributed by atoms with Gasteiger partial charge in [-0.1, -0.05) is 42.5 Å². The second-order valence-electron chi connectivity index (χ2n) is 6.41. The number of aromatic nitrogens is 1. The number of ether oxygens (including phenoxy) is 2. The summed E-state index contributed by atoms with van der Waals surface area (Å²) in [6, 6.07) is 21.5. The van der Waals surface area contributed by atoms with Crippen LogP contribution in [0.4, 0.5) is 5.69 Å². The molecule has 0 aliphatic carbocycles. The van der Waals surface area contributed by atoms with Gasteiger partial charge in [0.15, 0.2) is 0 Å². The van der Waals surface area contributed by atoms with Crippen LogP contribution in [0.5, 0.6) is 0 Å². The number of amides is 1. The Labute approximate surface area is 165 Å². The van der Waals surface area contributed by atoms with Crippen molar-refractivity contribution >= 4 is 11.6 Å². The number of hydrogen-bond acceptors (Lipinski definition) is 3. The third-order valence-electron chi connectivity index (χ3n) is 4.29. The van der Waals surface area contributed by atoms with Crippen LogP contribution in [-0.2, 0) is 22.6 Å².